The molecule has 96 valence electrons. The third-order valence-corrected chi connectivity index (χ3v) is 4.82. The van der Waals surface area contributed by atoms with Crippen LogP contribution < -0.4 is 0 Å². The predicted molar refractivity (Wildman–Crippen MR) is 67.0 cm³/mol. The highest BCUT2D eigenvalue weighted by molar-refractivity contribution is 7.99. The van der Waals surface area contributed by atoms with E-state index < -0.39 is 5.97 Å². The molecule has 0 aromatic rings. The minimum absolute atomic E-state index is 0.0496. The number of rotatable bonds is 2. The van der Waals surface area contributed by atoms with E-state index in [9.17, 15) is 9.59 Å². The van der Waals surface area contributed by atoms with Crippen LogP contribution in [0.15, 0.2) is 0 Å². The van der Waals surface area contributed by atoms with Crippen molar-refractivity contribution in [1.82, 2.24) is 4.90 Å². The zero-order valence-electron chi connectivity index (χ0n) is 10.1. The minimum Gasteiger partial charge on any atom is -0.481 e. The lowest BCUT2D eigenvalue weighted by atomic mass is 10.0. The average Bonchev–Trinajstić information content (AvgIpc) is 2.77. The Labute approximate surface area is 106 Å². The van der Waals surface area contributed by atoms with Gasteiger partial charge in [-0.2, -0.15) is 11.8 Å². The van der Waals surface area contributed by atoms with Gasteiger partial charge < -0.3 is 10.0 Å². The van der Waals surface area contributed by atoms with Crippen LogP contribution in [0.2, 0.25) is 0 Å². The average molecular weight is 257 g/mol. The summed E-state index contributed by atoms with van der Waals surface area (Å²) in [6.45, 7) is 3.78. The van der Waals surface area contributed by atoms with E-state index in [1.54, 1.807) is 0 Å². The standard InChI is InChI=1S/C12H19NO3S/c1-8-7-13(4-5-17-8)11(14)9-2-3-10(6-9)12(15)16/h8-10H,2-7H2,1H3,(H,15,16). The second kappa shape index (κ2) is 5.29. The summed E-state index contributed by atoms with van der Waals surface area (Å²) < 4.78 is 0. The molecule has 2 aliphatic rings. The van der Waals surface area contributed by atoms with Crippen LogP contribution in [0.5, 0.6) is 0 Å². The molecule has 4 nitrogen and oxygen atoms in total. The van der Waals surface area contributed by atoms with Gasteiger partial charge in [0.1, 0.15) is 0 Å². The Morgan fingerprint density at radius 3 is 2.59 bits per heavy atom. The van der Waals surface area contributed by atoms with Gasteiger partial charge in [-0.1, -0.05) is 6.92 Å². The van der Waals surface area contributed by atoms with Gasteiger partial charge in [0.25, 0.3) is 0 Å². The van der Waals surface area contributed by atoms with Crippen LogP contribution in [0.3, 0.4) is 0 Å². The summed E-state index contributed by atoms with van der Waals surface area (Å²) in [6.07, 6.45) is 1.93. The van der Waals surface area contributed by atoms with Crippen LogP contribution in [-0.2, 0) is 9.59 Å². The number of hydrogen-bond donors (Lipinski definition) is 1. The number of carbonyl (C=O) groups is 2. The van der Waals surface area contributed by atoms with Crippen molar-refractivity contribution < 1.29 is 14.7 Å². The number of carboxylic acid groups (broad SMARTS) is 1. The van der Waals surface area contributed by atoms with Crippen molar-refractivity contribution in [1.29, 1.82) is 0 Å². The summed E-state index contributed by atoms with van der Waals surface area (Å²) in [5.41, 5.74) is 0. The van der Waals surface area contributed by atoms with Crippen molar-refractivity contribution in [2.75, 3.05) is 18.8 Å². The zero-order valence-corrected chi connectivity index (χ0v) is 10.9. The second-order valence-electron chi connectivity index (χ2n) is 5.01. The number of carbonyl (C=O) groups excluding carboxylic acids is 1. The highest BCUT2D eigenvalue weighted by Crippen LogP contribution is 2.33. The fourth-order valence-electron chi connectivity index (χ4n) is 2.71. The molecule has 17 heavy (non-hydrogen) atoms. The number of hydrogen-bond acceptors (Lipinski definition) is 3. The molecule has 0 bridgehead atoms. The molecule has 1 aliphatic carbocycles. The Bertz CT molecular complexity index is 321. The van der Waals surface area contributed by atoms with Crippen LogP contribution >= 0.6 is 11.8 Å². The van der Waals surface area contributed by atoms with Crippen LogP contribution in [0.4, 0.5) is 0 Å². The van der Waals surface area contributed by atoms with Crippen molar-refractivity contribution in [3.8, 4) is 0 Å². The van der Waals surface area contributed by atoms with Crippen molar-refractivity contribution >= 4 is 23.6 Å². The third kappa shape index (κ3) is 2.94. The molecule has 1 saturated carbocycles. The van der Waals surface area contributed by atoms with Gasteiger partial charge in [-0.05, 0) is 19.3 Å². The lowest BCUT2D eigenvalue weighted by molar-refractivity contribution is -0.141. The number of aliphatic carboxylic acids is 1. The summed E-state index contributed by atoms with van der Waals surface area (Å²) >= 11 is 1.90. The third-order valence-electron chi connectivity index (χ3n) is 3.68. The maximum atomic E-state index is 12.2. The Balaban J connectivity index is 1.90. The van der Waals surface area contributed by atoms with E-state index in [-0.39, 0.29) is 17.7 Å². The van der Waals surface area contributed by atoms with Crippen LogP contribution in [0.1, 0.15) is 26.2 Å². The first-order valence-electron chi connectivity index (χ1n) is 6.21. The first-order chi connectivity index (χ1) is 8.08. The van der Waals surface area contributed by atoms with Crippen LogP contribution in [0, 0.1) is 11.8 Å². The maximum Gasteiger partial charge on any atom is 0.306 e. The van der Waals surface area contributed by atoms with Gasteiger partial charge in [-0.25, -0.2) is 0 Å². The lowest BCUT2D eigenvalue weighted by Gasteiger charge is -2.32. The molecule has 1 aliphatic heterocycles. The Morgan fingerprint density at radius 2 is 2.00 bits per heavy atom. The molecule has 1 saturated heterocycles. The van der Waals surface area contributed by atoms with E-state index in [1.807, 2.05) is 16.7 Å². The smallest absolute Gasteiger partial charge is 0.306 e. The summed E-state index contributed by atoms with van der Waals surface area (Å²) in [6, 6.07) is 0. The van der Waals surface area contributed by atoms with Crippen molar-refractivity contribution in [3.05, 3.63) is 0 Å². The van der Waals surface area contributed by atoms with Crippen molar-refractivity contribution in [2.45, 2.75) is 31.4 Å². The second-order valence-corrected chi connectivity index (χ2v) is 6.56. The number of carboxylic acids is 1. The summed E-state index contributed by atoms with van der Waals surface area (Å²) in [5.74, 6) is 0.0813. The van der Waals surface area contributed by atoms with Crippen molar-refractivity contribution in [2.24, 2.45) is 11.8 Å². The van der Waals surface area contributed by atoms with Crippen LogP contribution in [-0.4, -0.2) is 46.0 Å². The van der Waals surface area contributed by atoms with E-state index in [0.717, 1.165) is 25.3 Å². The first kappa shape index (κ1) is 12.7. The van der Waals surface area contributed by atoms with Gasteiger partial charge in [-0.15, -0.1) is 0 Å². The molecule has 1 N–H and O–H groups in total. The molecule has 0 aromatic heterocycles. The van der Waals surface area contributed by atoms with Crippen molar-refractivity contribution in [3.63, 3.8) is 0 Å². The fourth-order valence-corrected chi connectivity index (χ4v) is 3.72. The van der Waals surface area contributed by atoms with Gasteiger partial charge in [-0.3, -0.25) is 9.59 Å². The van der Waals surface area contributed by atoms with E-state index in [1.165, 1.54) is 0 Å². The van der Waals surface area contributed by atoms with Gasteiger partial charge in [0.2, 0.25) is 5.91 Å². The number of amides is 1. The Morgan fingerprint density at radius 1 is 1.29 bits per heavy atom. The molecule has 1 amide bonds. The van der Waals surface area contributed by atoms with Gasteiger partial charge in [0, 0.05) is 30.0 Å². The topological polar surface area (TPSA) is 57.6 Å². The van der Waals surface area contributed by atoms with E-state index in [4.69, 9.17) is 5.11 Å². The predicted octanol–water partition coefficient (Wildman–Crippen LogP) is 1.45. The molecule has 3 atom stereocenters. The quantitative estimate of drug-likeness (QED) is 0.813. The molecule has 2 fully saturated rings. The van der Waals surface area contributed by atoms with Crippen LogP contribution in [0.25, 0.3) is 0 Å². The Kier molecular flexibility index (Phi) is 3.97. The summed E-state index contributed by atoms with van der Waals surface area (Å²) in [7, 11) is 0. The maximum absolute atomic E-state index is 12.2. The molecule has 1 heterocycles. The Hall–Kier alpha value is -0.710. The highest BCUT2D eigenvalue weighted by Gasteiger charge is 2.36. The molecule has 2 rings (SSSR count). The largest absolute Gasteiger partial charge is 0.481 e. The van der Waals surface area contributed by atoms with Gasteiger partial charge in [0.05, 0.1) is 5.92 Å². The SMILES string of the molecule is CC1CN(C(=O)C2CCC(C(=O)O)C2)CCS1. The normalized spacial score (nSPS) is 33.7. The molecule has 3 unspecified atom stereocenters. The van der Waals surface area contributed by atoms with E-state index in [0.29, 0.717) is 18.1 Å². The number of nitrogens with zero attached hydrogens (tertiary/aromatic N) is 1. The molecular weight excluding hydrogens is 238 g/mol. The molecule has 0 aromatic carbocycles. The molecular formula is C12H19NO3S. The fraction of sp³-hybridized carbons (Fsp3) is 0.833. The summed E-state index contributed by atoms with van der Waals surface area (Å²) in [4.78, 5) is 25.0. The number of thioether (sulfide) groups is 1. The van der Waals surface area contributed by atoms with E-state index in [2.05, 4.69) is 6.92 Å². The lowest BCUT2D eigenvalue weighted by Crippen LogP contribution is -2.43. The summed E-state index contributed by atoms with van der Waals surface area (Å²) in [5, 5.41) is 9.44. The first-order valence-corrected chi connectivity index (χ1v) is 7.26. The monoisotopic (exact) mass is 257 g/mol. The highest BCUT2D eigenvalue weighted by atomic mass is 32.2. The minimum atomic E-state index is -0.747. The van der Waals surface area contributed by atoms with E-state index >= 15 is 0 Å². The van der Waals surface area contributed by atoms with Gasteiger partial charge >= 0.3 is 5.97 Å². The molecule has 0 spiro atoms. The van der Waals surface area contributed by atoms with Gasteiger partial charge in [0.15, 0.2) is 0 Å². The molecule has 5 heteroatoms. The zero-order chi connectivity index (χ0) is 12.4. The molecule has 0 radical (unpaired) electrons.